The summed E-state index contributed by atoms with van der Waals surface area (Å²) in [5.74, 6) is 2.48. The van der Waals surface area contributed by atoms with Gasteiger partial charge in [-0.2, -0.15) is 0 Å². The molecule has 1 amide bonds. The minimum Gasteiger partial charge on any atom is -0.493 e. The first-order chi connectivity index (χ1) is 12.1. The number of amides is 1. The van der Waals surface area contributed by atoms with E-state index < -0.39 is 0 Å². The van der Waals surface area contributed by atoms with Gasteiger partial charge < -0.3 is 14.4 Å². The fourth-order valence-corrected chi connectivity index (χ4v) is 4.67. The van der Waals surface area contributed by atoms with Crippen molar-refractivity contribution < 1.29 is 14.3 Å². The molecule has 1 aromatic heterocycles. The van der Waals surface area contributed by atoms with E-state index in [1.165, 1.54) is 10.4 Å². The lowest BCUT2D eigenvalue weighted by atomic mass is 9.90. The maximum Gasteiger partial charge on any atom is 0.226 e. The molecule has 1 aliphatic carbocycles. The van der Waals surface area contributed by atoms with Gasteiger partial charge in [0.05, 0.1) is 20.3 Å². The highest BCUT2D eigenvalue weighted by Crippen LogP contribution is 2.46. The largest absolute Gasteiger partial charge is 0.493 e. The van der Waals surface area contributed by atoms with Crippen LogP contribution in [0, 0.1) is 11.8 Å². The SMILES string of the molecule is COc1cc2c(cc1OC)C(c1cccs1)N(C(=O)C1CC1C)CC2. The molecule has 0 radical (unpaired) electrons. The summed E-state index contributed by atoms with van der Waals surface area (Å²) in [6.45, 7) is 2.92. The van der Waals surface area contributed by atoms with Gasteiger partial charge in [-0.05, 0) is 53.5 Å². The summed E-state index contributed by atoms with van der Waals surface area (Å²) in [6, 6.07) is 8.27. The number of benzene rings is 1. The Morgan fingerprint density at radius 1 is 1.24 bits per heavy atom. The number of ether oxygens (including phenoxy) is 2. The van der Waals surface area contributed by atoms with Crippen molar-refractivity contribution >= 4 is 17.2 Å². The molecule has 5 heteroatoms. The van der Waals surface area contributed by atoms with E-state index in [0.717, 1.165) is 36.4 Å². The highest BCUT2D eigenvalue weighted by atomic mass is 32.1. The van der Waals surface area contributed by atoms with Crippen LogP contribution in [-0.4, -0.2) is 31.6 Å². The second-order valence-electron chi connectivity index (χ2n) is 6.93. The second kappa shape index (κ2) is 6.37. The van der Waals surface area contributed by atoms with Gasteiger partial charge in [-0.25, -0.2) is 0 Å². The first kappa shape index (κ1) is 16.5. The maximum absolute atomic E-state index is 13.0. The molecule has 1 aliphatic heterocycles. The third-order valence-corrected chi connectivity index (χ3v) is 6.32. The van der Waals surface area contributed by atoms with Gasteiger partial charge in [0, 0.05) is 17.3 Å². The standard InChI is InChI=1S/C20H23NO3S/c1-12-9-14(12)20(22)21-7-6-13-10-16(23-2)17(24-3)11-15(13)19(21)18-5-4-8-25-18/h4-5,8,10-12,14,19H,6-7,9H2,1-3H3. The number of fused-ring (bicyclic) bond motifs is 1. The van der Waals surface area contributed by atoms with E-state index >= 15 is 0 Å². The Bertz CT molecular complexity index is 786. The van der Waals surface area contributed by atoms with E-state index in [1.807, 2.05) is 6.07 Å². The molecule has 25 heavy (non-hydrogen) atoms. The summed E-state index contributed by atoms with van der Waals surface area (Å²) >= 11 is 1.70. The molecule has 132 valence electrons. The topological polar surface area (TPSA) is 38.8 Å². The van der Waals surface area contributed by atoms with Crippen LogP contribution < -0.4 is 9.47 Å². The van der Waals surface area contributed by atoms with Crippen LogP contribution in [0.1, 0.15) is 35.4 Å². The van der Waals surface area contributed by atoms with Crippen LogP contribution in [0.4, 0.5) is 0 Å². The van der Waals surface area contributed by atoms with Crippen LogP contribution in [-0.2, 0) is 11.2 Å². The Balaban J connectivity index is 1.79. The lowest BCUT2D eigenvalue weighted by Crippen LogP contribution is -2.41. The molecule has 1 aromatic carbocycles. The average molecular weight is 357 g/mol. The molecule has 0 spiro atoms. The highest BCUT2D eigenvalue weighted by Gasteiger charge is 2.45. The summed E-state index contributed by atoms with van der Waals surface area (Å²) in [5.41, 5.74) is 2.40. The highest BCUT2D eigenvalue weighted by molar-refractivity contribution is 7.10. The average Bonchev–Trinajstić information content (AvgIpc) is 3.13. The molecule has 4 rings (SSSR count). The number of carbonyl (C=O) groups is 1. The predicted octanol–water partition coefficient (Wildman–Crippen LogP) is 3.90. The van der Waals surface area contributed by atoms with Crippen molar-refractivity contribution in [1.82, 2.24) is 4.90 Å². The van der Waals surface area contributed by atoms with E-state index in [2.05, 4.69) is 35.4 Å². The quantitative estimate of drug-likeness (QED) is 0.833. The summed E-state index contributed by atoms with van der Waals surface area (Å²) < 4.78 is 11.0. The molecular weight excluding hydrogens is 334 g/mol. The number of methoxy groups -OCH3 is 2. The molecule has 0 N–H and O–H groups in total. The van der Waals surface area contributed by atoms with Gasteiger partial charge in [0.25, 0.3) is 0 Å². The third kappa shape index (κ3) is 2.80. The molecule has 2 aliphatic rings. The van der Waals surface area contributed by atoms with Gasteiger partial charge >= 0.3 is 0 Å². The van der Waals surface area contributed by atoms with E-state index in [0.29, 0.717) is 11.8 Å². The predicted molar refractivity (Wildman–Crippen MR) is 98.4 cm³/mol. The first-order valence-corrected chi connectivity index (χ1v) is 9.60. The number of rotatable bonds is 4. The number of hydrogen-bond donors (Lipinski definition) is 0. The van der Waals surface area contributed by atoms with Crippen molar-refractivity contribution in [1.29, 1.82) is 0 Å². The van der Waals surface area contributed by atoms with E-state index in [4.69, 9.17) is 9.47 Å². The van der Waals surface area contributed by atoms with E-state index in [-0.39, 0.29) is 12.0 Å². The Morgan fingerprint density at radius 2 is 1.96 bits per heavy atom. The number of carbonyl (C=O) groups excluding carboxylic acids is 1. The lowest BCUT2D eigenvalue weighted by Gasteiger charge is -2.37. The zero-order valence-electron chi connectivity index (χ0n) is 14.8. The van der Waals surface area contributed by atoms with Gasteiger partial charge in [-0.1, -0.05) is 13.0 Å². The van der Waals surface area contributed by atoms with Gasteiger partial charge in [0.15, 0.2) is 11.5 Å². The summed E-state index contributed by atoms with van der Waals surface area (Å²) in [5, 5.41) is 2.08. The Morgan fingerprint density at radius 3 is 2.56 bits per heavy atom. The Labute approximate surface area is 152 Å². The Kier molecular flexibility index (Phi) is 4.20. The minimum atomic E-state index is -0.0242. The van der Waals surface area contributed by atoms with Crippen LogP contribution >= 0.6 is 11.3 Å². The van der Waals surface area contributed by atoms with Crippen LogP contribution in [0.3, 0.4) is 0 Å². The molecule has 3 unspecified atom stereocenters. The number of nitrogens with zero attached hydrogens (tertiary/aromatic N) is 1. The molecule has 1 fully saturated rings. The second-order valence-corrected chi connectivity index (χ2v) is 7.90. The fraction of sp³-hybridized carbons (Fsp3) is 0.450. The molecular formula is C20H23NO3S. The number of thiophene rings is 1. The van der Waals surface area contributed by atoms with Gasteiger partial charge in [0.1, 0.15) is 0 Å². The molecule has 0 bridgehead atoms. The third-order valence-electron chi connectivity index (χ3n) is 5.40. The van der Waals surface area contributed by atoms with Crippen molar-refractivity contribution in [3.05, 3.63) is 45.6 Å². The first-order valence-electron chi connectivity index (χ1n) is 8.72. The van der Waals surface area contributed by atoms with Crippen molar-refractivity contribution in [2.24, 2.45) is 11.8 Å². The Hall–Kier alpha value is -2.01. The van der Waals surface area contributed by atoms with Gasteiger partial charge in [0.2, 0.25) is 5.91 Å². The smallest absolute Gasteiger partial charge is 0.226 e. The zero-order valence-corrected chi connectivity index (χ0v) is 15.6. The lowest BCUT2D eigenvalue weighted by molar-refractivity contribution is -0.134. The van der Waals surface area contributed by atoms with Gasteiger partial charge in [-0.3, -0.25) is 4.79 Å². The zero-order chi connectivity index (χ0) is 17.6. The fourth-order valence-electron chi connectivity index (χ4n) is 3.82. The molecule has 2 aromatic rings. The minimum absolute atomic E-state index is 0.0242. The van der Waals surface area contributed by atoms with Crippen LogP contribution in [0.2, 0.25) is 0 Å². The molecule has 3 atom stereocenters. The number of hydrogen-bond acceptors (Lipinski definition) is 4. The monoisotopic (exact) mass is 357 g/mol. The summed E-state index contributed by atoms with van der Waals surface area (Å²) in [7, 11) is 3.32. The summed E-state index contributed by atoms with van der Waals surface area (Å²) in [4.78, 5) is 16.3. The van der Waals surface area contributed by atoms with E-state index in [1.54, 1.807) is 25.6 Å². The van der Waals surface area contributed by atoms with E-state index in [9.17, 15) is 4.79 Å². The molecule has 1 saturated carbocycles. The van der Waals surface area contributed by atoms with Crippen molar-refractivity contribution in [3.63, 3.8) is 0 Å². The maximum atomic E-state index is 13.0. The molecule has 0 saturated heterocycles. The van der Waals surface area contributed by atoms with Gasteiger partial charge in [-0.15, -0.1) is 11.3 Å². The van der Waals surface area contributed by atoms with Crippen LogP contribution in [0.25, 0.3) is 0 Å². The van der Waals surface area contributed by atoms with Crippen molar-refractivity contribution in [2.45, 2.75) is 25.8 Å². The van der Waals surface area contributed by atoms with Crippen LogP contribution in [0.5, 0.6) is 11.5 Å². The van der Waals surface area contributed by atoms with Crippen LogP contribution in [0.15, 0.2) is 29.6 Å². The van der Waals surface area contributed by atoms with Crippen molar-refractivity contribution in [3.8, 4) is 11.5 Å². The summed E-state index contributed by atoms with van der Waals surface area (Å²) in [6.07, 6.45) is 1.87. The van der Waals surface area contributed by atoms with Crippen molar-refractivity contribution in [2.75, 3.05) is 20.8 Å². The molecule has 4 nitrogen and oxygen atoms in total. The normalized spacial score (nSPS) is 24.6. The molecule has 2 heterocycles.